The number of para-hydroxylation sites is 1. The van der Waals surface area contributed by atoms with Crippen molar-refractivity contribution in [2.24, 2.45) is 5.41 Å². The quantitative estimate of drug-likeness (QED) is 0.903. The third-order valence-electron chi connectivity index (χ3n) is 4.47. The fourth-order valence-electron chi connectivity index (χ4n) is 3.06. The number of aliphatic hydroxyl groups excluding tert-OH is 1. The maximum atomic E-state index is 12.4. The highest BCUT2D eigenvalue weighted by atomic mass is 16.3. The van der Waals surface area contributed by atoms with E-state index in [0.29, 0.717) is 11.1 Å². The zero-order valence-corrected chi connectivity index (χ0v) is 11.6. The van der Waals surface area contributed by atoms with E-state index < -0.39 is 0 Å². The highest BCUT2D eigenvalue weighted by Crippen LogP contribution is 2.37. The zero-order valence-electron chi connectivity index (χ0n) is 11.6. The van der Waals surface area contributed by atoms with E-state index in [1.165, 1.54) is 6.26 Å². The Bertz CT molecular complexity index is 633. The first-order valence-electron chi connectivity index (χ1n) is 7.02. The van der Waals surface area contributed by atoms with Crippen LogP contribution in [0.4, 0.5) is 0 Å². The number of rotatable bonds is 3. The third-order valence-corrected chi connectivity index (χ3v) is 4.47. The van der Waals surface area contributed by atoms with E-state index >= 15 is 0 Å². The number of hydrogen-bond donors (Lipinski definition) is 2. The first kappa shape index (κ1) is 13.2. The number of benzene rings is 1. The van der Waals surface area contributed by atoms with Crippen LogP contribution in [0.15, 0.2) is 34.9 Å². The van der Waals surface area contributed by atoms with Gasteiger partial charge in [-0.25, -0.2) is 0 Å². The van der Waals surface area contributed by atoms with Gasteiger partial charge in [-0.15, -0.1) is 0 Å². The van der Waals surface area contributed by atoms with Crippen molar-refractivity contribution in [3.8, 4) is 0 Å². The molecule has 0 saturated heterocycles. The van der Waals surface area contributed by atoms with Gasteiger partial charge in [0.15, 0.2) is 0 Å². The minimum Gasteiger partial charge on any atom is -0.463 e. The molecule has 3 rings (SSSR count). The summed E-state index contributed by atoms with van der Waals surface area (Å²) in [5.74, 6) is -0.124. The zero-order chi connectivity index (χ0) is 14.2. The Morgan fingerprint density at radius 3 is 3.10 bits per heavy atom. The van der Waals surface area contributed by atoms with Crippen LogP contribution in [-0.4, -0.2) is 23.7 Å². The van der Waals surface area contributed by atoms with Gasteiger partial charge in [0.05, 0.1) is 12.2 Å². The molecule has 1 amide bonds. The molecule has 2 aromatic rings. The summed E-state index contributed by atoms with van der Waals surface area (Å²) in [5, 5.41) is 13.4. The maximum absolute atomic E-state index is 12.4. The molecular weight excluding hydrogens is 254 g/mol. The first-order valence-corrected chi connectivity index (χ1v) is 7.02. The van der Waals surface area contributed by atoms with Gasteiger partial charge in [0.2, 0.25) is 0 Å². The molecule has 1 heterocycles. The molecule has 1 saturated carbocycles. The first-order chi connectivity index (χ1) is 9.64. The number of amides is 1. The molecule has 1 fully saturated rings. The molecule has 2 unspecified atom stereocenters. The molecule has 0 bridgehead atoms. The van der Waals surface area contributed by atoms with E-state index in [0.717, 1.165) is 24.6 Å². The number of carbonyl (C=O) groups excluding carboxylic acids is 1. The van der Waals surface area contributed by atoms with E-state index in [1.807, 2.05) is 31.2 Å². The molecule has 4 nitrogen and oxygen atoms in total. The van der Waals surface area contributed by atoms with Gasteiger partial charge in [0, 0.05) is 16.8 Å². The molecule has 20 heavy (non-hydrogen) atoms. The van der Waals surface area contributed by atoms with Crippen molar-refractivity contribution in [1.29, 1.82) is 0 Å². The van der Waals surface area contributed by atoms with Crippen molar-refractivity contribution in [3.63, 3.8) is 0 Å². The molecule has 106 valence electrons. The lowest BCUT2D eigenvalue weighted by molar-refractivity contribution is 0.0831. The van der Waals surface area contributed by atoms with Crippen molar-refractivity contribution < 1.29 is 14.3 Å². The minimum atomic E-state index is -0.213. The molecule has 0 spiro atoms. The number of nitrogens with one attached hydrogen (secondary N) is 1. The average molecular weight is 273 g/mol. The van der Waals surface area contributed by atoms with Crippen LogP contribution in [0.1, 0.15) is 36.5 Å². The average Bonchev–Trinajstić information content (AvgIpc) is 3.04. The number of furan rings is 1. The van der Waals surface area contributed by atoms with Gasteiger partial charge in [-0.2, -0.15) is 0 Å². The van der Waals surface area contributed by atoms with Crippen LogP contribution in [0, 0.1) is 5.41 Å². The fourth-order valence-corrected chi connectivity index (χ4v) is 3.06. The summed E-state index contributed by atoms with van der Waals surface area (Å²) in [6, 6.07) is 7.52. The number of aliphatic hydroxyl groups is 1. The Balaban J connectivity index is 1.83. The predicted molar refractivity (Wildman–Crippen MR) is 76.5 cm³/mol. The van der Waals surface area contributed by atoms with Crippen molar-refractivity contribution >= 4 is 16.9 Å². The summed E-state index contributed by atoms with van der Waals surface area (Å²) < 4.78 is 5.40. The number of fused-ring (bicyclic) bond motifs is 1. The van der Waals surface area contributed by atoms with Crippen LogP contribution in [0.25, 0.3) is 11.0 Å². The van der Waals surface area contributed by atoms with Crippen LogP contribution in [0.3, 0.4) is 0 Å². The van der Waals surface area contributed by atoms with Gasteiger partial charge in [-0.1, -0.05) is 31.5 Å². The largest absolute Gasteiger partial charge is 0.463 e. The van der Waals surface area contributed by atoms with Crippen LogP contribution >= 0.6 is 0 Å². The molecule has 0 aliphatic heterocycles. The molecule has 4 heteroatoms. The maximum Gasteiger partial charge on any atom is 0.255 e. The standard InChI is InChI=1S/C16H19NO3/c1-16(10-18)8-4-7-14(16)17-15(19)12-9-20-13-6-3-2-5-11(12)13/h2-3,5-6,9,14,18H,4,7-8,10H2,1H3,(H,17,19). The van der Waals surface area contributed by atoms with Gasteiger partial charge < -0.3 is 14.8 Å². The summed E-state index contributed by atoms with van der Waals surface area (Å²) in [5.41, 5.74) is 1.07. The summed E-state index contributed by atoms with van der Waals surface area (Å²) in [4.78, 5) is 12.4. The molecule has 2 atom stereocenters. The highest BCUT2D eigenvalue weighted by Gasteiger charge is 2.39. The summed E-state index contributed by atoms with van der Waals surface area (Å²) in [6.07, 6.45) is 4.40. The normalized spacial score (nSPS) is 26.0. The Kier molecular flexibility index (Phi) is 3.26. The van der Waals surface area contributed by atoms with Gasteiger partial charge >= 0.3 is 0 Å². The Morgan fingerprint density at radius 2 is 2.30 bits per heavy atom. The van der Waals surface area contributed by atoms with E-state index in [4.69, 9.17) is 4.42 Å². The summed E-state index contributed by atoms with van der Waals surface area (Å²) in [6.45, 7) is 2.13. The predicted octanol–water partition coefficient (Wildman–Crippen LogP) is 2.71. The molecular formula is C16H19NO3. The number of carbonyl (C=O) groups is 1. The van der Waals surface area contributed by atoms with E-state index in [9.17, 15) is 9.90 Å². The van der Waals surface area contributed by atoms with E-state index in [-0.39, 0.29) is 24.0 Å². The van der Waals surface area contributed by atoms with Crippen molar-refractivity contribution in [3.05, 3.63) is 36.1 Å². The van der Waals surface area contributed by atoms with Crippen molar-refractivity contribution in [2.75, 3.05) is 6.61 Å². The number of hydrogen-bond acceptors (Lipinski definition) is 3. The van der Waals surface area contributed by atoms with Crippen LogP contribution in [-0.2, 0) is 0 Å². The lowest BCUT2D eigenvalue weighted by Gasteiger charge is -2.29. The second kappa shape index (κ2) is 4.94. The third kappa shape index (κ3) is 2.10. The van der Waals surface area contributed by atoms with E-state index in [2.05, 4.69) is 5.32 Å². The molecule has 0 radical (unpaired) electrons. The van der Waals surface area contributed by atoms with Gasteiger partial charge in [0.25, 0.3) is 5.91 Å². The molecule has 1 aliphatic carbocycles. The Hall–Kier alpha value is -1.81. The van der Waals surface area contributed by atoms with Crippen LogP contribution in [0.2, 0.25) is 0 Å². The molecule has 2 N–H and O–H groups in total. The SMILES string of the molecule is CC1(CO)CCCC1NC(=O)c1coc2ccccc12. The molecule has 1 aromatic carbocycles. The second-order valence-corrected chi connectivity index (χ2v) is 5.88. The molecule has 1 aliphatic rings. The minimum absolute atomic E-state index is 0.0219. The van der Waals surface area contributed by atoms with Crippen molar-refractivity contribution in [1.82, 2.24) is 5.32 Å². The lowest BCUT2D eigenvalue weighted by atomic mass is 9.85. The fraction of sp³-hybridized carbons (Fsp3) is 0.438. The highest BCUT2D eigenvalue weighted by molar-refractivity contribution is 6.06. The van der Waals surface area contributed by atoms with E-state index in [1.54, 1.807) is 0 Å². The smallest absolute Gasteiger partial charge is 0.255 e. The monoisotopic (exact) mass is 273 g/mol. The van der Waals surface area contributed by atoms with Gasteiger partial charge in [0.1, 0.15) is 11.8 Å². The summed E-state index contributed by atoms with van der Waals surface area (Å²) in [7, 11) is 0. The van der Waals surface area contributed by atoms with Gasteiger partial charge in [-0.05, 0) is 18.9 Å². The molecule has 1 aromatic heterocycles. The van der Waals surface area contributed by atoms with Crippen molar-refractivity contribution in [2.45, 2.75) is 32.2 Å². The summed E-state index contributed by atoms with van der Waals surface area (Å²) >= 11 is 0. The Morgan fingerprint density at radius 1 is 1.50 bits per heavy atom. The Labute approximate surface area is 117 Å². The topological polar surface area (TPSA) is 62.5 Å². The van der Waals surface area contributed by atoms with Gasteiger partial charge in [-0.3, -0.25) is 4.79 Å². The van der Waals surface area contributed by atoms with Crippen LogP contribution in [0.5, 0.6) is 0 Å². The lowest BCUT2D eigenvalue weighted by Crippen LogP contribution is -2.44. The second-order valence-electron chi connectivity index (χ2n) is 5.88. The van der Waals surface area contributed by atoms with Crippen LogP contribution < -0.4 is 5.32 Å².